The summed E-state index contributed by atoms with van der Waals surface area (Å²) >= 11 is 0. The van der Waals surface area contributed by atoms with Crippen molar-refractivity contribution < 1.29 is 4.52 Å². The Balaban J connectivity index is 2.94. The summed E-state index contributed by atoms with van der Waals surface area (Å²) in [5.41, 5.74) is 0.619. The molecule has 4 heteroatoms. The van der Waals surface area contributed by atoms with Gasteiger partial charge >= 0.3 is 0 Å². The minimum absolute atomic E-state index is 0.619. The van der Waals surface area contributed by atoms with Crippen molar-refractivity contribution in [2.75, 3.05) is 0 Å². The van der Waals surface area contributed by atoms with E-state index in [4.69, 9.17) is 4.52 Å². The first-order valence-corrected chi connectivity index (χ1v) is 2.74. The van der Waals surface area contributed by atoms with Crippen LogP contribution in [0.3, 0.4) is 0 Å². The average molecular weight is 133 g/mol. The van der Waals surface area contributed by atoms with Crippen molar-refractivity contribution in [3.05, 3.63) is 23.0 Å². The van der Waals surface area contributed by atoms with Crippen LogP contribution < -0.4 is 10.8 Å². The highest BCUT2D eigenvalue weighted by atomic mass is 16.5. The van der Waals surface area contributed by atoms with Crippen LogP contribution in [0.15, 0.2) is 27.0 Å². The Kier molecular flexibility index (Phi) is 0.993. The van der Waals surface area contributed by atoms with E-state index in [1.54, 1.807) is 12.2 Å². The molecule has 0 fully saturated rings. The van der Waals surface area contributed by atoms with E-state index in [0.29, 0.717) is 10.8 Å². The van der Waals surface area contributed by atoms with E-state index in [1.165, 1.54) is 6.20 Å². The van der Waals surface area contributed by atoms with Gasteiger partial charge in [-0.2, -0.15) is 0 Å². The third kappa shape index (κ3) is 0.674. The van der Waals surface area contributed by atoms with Gasteiger partial charge in [-0.3, -0.25) is 0 Å². The molecule has 1 aromatic rings. The monoisotopic (exact) mass is 133 g/mol. The maximum atomic E-state index is 4.81. The van der Waals surface area contributed by atoms with Gasteiger partial charge in [0.25, 0.3) is 0 Å². The lowest BCUT2D eigenvalue weighted by Crippen LogP contribution is -2.17. The van der Waals surface area contributed by atoms with Crippen LogP contribution >= 0.6 is 0 Å². The number of allylic oxidation sites excluding steroid dienone is 1. The van der Waals surface area contributed by atoms with E-state index in [-0.39, 0.29) is 0 Å². The molecular weight excluding hydrogens is 130 g/mol. The van der Waals surface area contributed by atoms with Crippen LogP contribution in [0.2, 0.25) is 0 Å². The van der Waals surface area contributed by atoms with Gasteiger partial charge in [-0.1, -0.05) is 5.16 Å². The number of hydrogen-bond donors (Lipinski definition) is 0. The molecule has 0 aromatic carbocycles. The van der Waals surface area contributed by atoms with Gasteiger partial charge in [0, 0.05) is 11.9 Å². The summed E-state index contributed by atoms with van der Waals surface area (Å²) in [6, 6.07) is 0. The number of hydrogen-bond acceptors (Lipinski definition) is 4. The second-order valence-electron chi connectivity index (χ2n) is 1.74. The summed E-state index contributed by atoms with van der Waals surface area (Å²) in [6.45, 7) is 0. The molecule has 0 bridgehead atoms. The summed E-state index contributed by atoms with van der Waals surface area (Å²) in [6.07, 6.45) is 4.85. The summed E-state index contributed by atoms with van der Waals surface area (Å²) in [5.74, 6) is 2.57. The van der Waals surface area contributed by atoms with Crippen LogP contribution in [-0.2, 0) is 0 Å². The van der Waals surface area contributed by atoms with E-state index in [9.17, 15) is 0 Å². The van der Waals surface area contributed by atoms with Gasteiger partial charge in [-0.25, -0.2) is 0 Å². The third-order valence-corrected chi connectivity index (χ3v) is 1.10. The predicted molar refractivity (Wildman–Crippen MR) is 33.8 cm³/mol. The smallest absolute Gasteiger partial charge is 0.187 e. The topological polar surface area (TPSA) is 50.8 Å². The number of rotatable bonds is 0. The molecule has 0 atom stereocenters. The lowest BCUT2D eigenvalue weighted by molar-refractivity contribution is 0.393. The first-order chi connectivity index (χ1) is 4.97. The maximum absolute atomic E-state index is 4.81. The minimum atomic E-state index is 0.619. The molecule has 1 aromatic heterocycles. The fourth-order valence-corrected chi connectivity index (χ4v) is 0.663. The van der Waals surface area contributed by atoms with Gasteiger partial charge in [0.05, 0.1) is 6.20 Å². The largest absolute Gasteiger partial charge is 0.354 e. The van der Waals surface area contributed by atoms with E-state index in [2.05, 4.69) is 21.2 Å². The maximum Gasteiger partial charge on any atom is 0.187 e. The van der Waals surface area contributed by atoms with Crippen molar-refractivity contribution in [2.45, 2.75) is 0 Å². The summed E-state index contributed by atoms with van der Waals surface area (Å²) in [4.78, 5) is 0. The molecule has 0 N–H and O–H groups in total. The van der Waals surface area contributed by atoms with E-state index in [1.807, 2.05) is 0 Å². The Morgan fingerprint density at radius 3 is 3.50 bits per heavy atom. The van der Waals surface area contributed by atoms with Crippen LogP contribution in [0.5, 0.6) is 0 Å². The Bertz CT molecular complexity index is 374. The van der Waals surface area contributed by atoms with E-state index < -0.39 is 0 Å². The molecular formula is C6H3N3O. The SMILES string of the molecule is C1=CC=c2oncc2=NN=1. The summed E-state index contributed by atoms with van der Waals surface area (Å²) in [7, 11) is 0. The fourth-order valence-electron chi connectivity index (χ4n) is 0.663. The van der Waals surface area contributed by atoms with Crippen LogP contribution in [0, 0.1) is 0 Å². The van der Waals surface area contributed by atoms with E-state index >= 15 is 0 Å². The first-order valence-electron chi connectivity index (χ1n) is 2.74. The van der Waals surface area contributed by atoms with Crippen LogP contribution in [-0.4, -0.2) is 11.0 Å². The Labute approximate surface area is 55.9 Å². The van der Waals surface area contributed by atoms with Crippen LogP contribution in [0.25, 0.3) is 6.08 Å². The average Bonchev–Trinajstić information content (AvgIpc) is 2.28. The molecule has 0 aliphatic carbocycles. The highest BCUT2D eigenvalue weighted by Gasteiger charge is 1.90. The molecule has 48 valence electrons. The summed E-state index contributed by atoms with van der Waals surface area (Å²) < 4.78 is 4.81. The zero-order chi connectivity index (χ0) is 6.81. The molecule has 2 rings (SSSR count). The van der Waals surface area contributed by atoms with Gasteiger partial charge in [0.2, 0.25) is 0 Å². The molecule has 10 heavy (non-hydrogen) atoms. The second-order valence-corrected chi connectivity index (χ2v) is 1.74. The highest BCUT2D eigenvalue weighted by molar-refractivity contribution is 5.62. The van der Waals surface area contributed by atoms with E-state index in [0.717, 1.165) is 0 Å². The van der Waals surface area contributed by atoms with Gasteiger partial charge in [0.15, 0.2) is 10.8 Å². The Morgan fingerprint density at radius 2 is 2.50 bits per heavy atom. The van der Waals surface area contributed by atoms with Gasteiger partial charge in [0.1, 0.15) is 0 Å². The van der Waals surface area contributed by atoms with Crippen LogP contribution in [0.1, 0.15) is 0 Å². The number of aromatic nitrogens is 1. The molecule has 0 amide bonds. The van der Waals surface area contributed by atoms with Crippen molar-refractivity contribution in [1.82, 2.24) is 5.16 Å². The van der Waals surface area contributed by atoms with Crippen LogP contribution in [0.4, 0.5) is 0 Å². The fraction of sp³-hybridized carbons (Fsp3) is 0. The quantitative estimate of drug-likeness (QED) is 0.466. The molecule has 0 saturated carbocycles. The zero-order valence-electron chi connectivity index (χ0n) is 4.98. The molecule has 0 unspecified atom stereocenters. The molecule has 0 saturated heterocycles. The number of nitrogens with zero attached hydrogens (tertiary/aromatic N) is 3. The van der Waals surface area contributed by atoms with Gasteiger partial charge in [-0.15, -0.1) is 10.2 Å². The Morgan fingerprint density at radius 1 is 1.50 bits per heavy atom. The lowest BCUT2D eigenvalue weighted by atomic mass is 10.5. The standard InChI is InChI=1S/C6H3N3O/c1-2-6-5(4-8-10-6)9-7-3-1/h1-2,4H. The third-order valence-electron chi connectivity index (χ3n) is 1.10. The normalized spacial score (nSPS) is 13.2. The lowest BCUT2D eigenvalue weighted by Gasteiger charge is -1.65. The second kappa shape index (κ2) is 1.93. The molecule has 0 radical (unpaired) electrons. The van der Waals surface area contributed by atoms with Gasteiger partial charge < -0.3 is 4.52 Å². The predicted octanol–water partition coefficient (Wildman–Crippen LogP) is -0.771. The van der Waals surface area contributed by atoms with Crippen molar-refractivity contribution in [1.29, 1.82) is 0 Å². The van der Waals surface area contributed by atoms with Crippen molar-refractivity contribution in [2.24, 2.45) is 10.2 Å². The Hall–Kier alpha value is -1.67. The zero-order valence-corrected chi connectivity index (χ0v) is 4.98. The molecule has 0 spiro atoms. The summed E-state index contributed by atoms with van der Waals surface area (Å²) in [5, 5.41) is 11.5. The van der Waals surface area contributed by atoms with Crippen molar-refractivity contribution in [3.63, 3.8) is 0 Å². The first kappa shape index (κ1) is 5.14. The molecule has 1 aliphatic heterocycles. The molecule has 1 aliphatic rings. The molecule has 4 nitrogen and oxygen atoms in total. The highest BCUT2D eigenvalue weighted by Crippen LogP contribution is 1.71. The number of fused-ring (bicyclic) bond motifs is 1. The van der Waals surface area contributed by atoms with Crippen molar-refractivity contribution >= 4 is 11.9 Å². The van der Waals surface area contributed by atoms with Gasteiger partial charge in [-0.05, 0) is 6.08 Å². The van der Waals surface area contributed by atoms with Crippen molar-refractivity contribution in [3.8, 4) is 0 Å². The minimum Gasteiger partial charge on any atom is -0.354 e. The molecule has 2 heterocycles.